The highest BCUT2D eigenvalue weighted by Crippen LogP contribution is 2.30. The Bertz CT molecular complexity index is 989. The van der Waals surface area contributed by atoms with E-state index in [4.69, 9.17) is 9.56 Å². The Morgan fingerprint density at radius 1 is 1.23 bits per heavy atom. The molecule has 0 aliphatic carbocycles. The van der Waals surface area contributed by atoms with Gasteiger partial charge >= 0.3 is 0 Å². The lowest BCUT2D eigenvalue weighted by molar-refractivity contribution is 0.394. The highest BCUT2D eigenvalue weighted by molar-refractivity contribution is 7.89. The zero-order valence-electron chi connectivity index (χ0n) is 14.3. The van der Waals surface area contributed by atoms with E-state index in [0.717, 1.165) is 42.8 Å². The van der Waals surface area contributed by atoms with Crippen molar-refractivity contribution in [3.63, 3.8) is 0 Å². The Balaban J connectivity index is 1.52. The largest absolute Gasteiger partial charge is 0.448 e. The van der Waals surface area contributed by atoms with Crippen LogP contribution in [0.3, 0.4) is 0 Å². The van der Waals surface area contributed by atoms with E-state index in [0.29, 0.717) is 18.2 Å². The van der Waals surface area contributed by atoms with Crippen molar-refractivity contribution in [1.82, 2.24) is 14.5 Å². The molecule has 9 heteroatoms. The highest BCUT2D eigenvalue weighted by Gasteiger charge is 2.23. The quantitative estimate of drug-likeness (QED) is 0.730. The monoisotopic (exact) mass is 375 g/mol. The maximum atomic E-state index is 11.1. The summed E-state index contributed by atoms with van der Waals surface area (Å²) >= 11 is 0. The molecule has 0 atom stereocenters. The lowest BCUT2D eigenvalue weighted by Gasteiger charge is -2.33. The predicted octanol–water partition coefficient (Wildman–Crippen LogP) is 1.91. The number of anilines is 1. The highest BCUT2D eigenvalue weighted by atomic mass is 32.2. The normalized spacial score (nSPS) is 16.4. The minimum Gasteiger partial charge on any atom is -0.448 e. The second-order valence-corrected chi connectivity index (χ2v) is 8.39. The van der Waals surface area contributed by atoms with Crippen LogP contribution in [0.4, 0.5) is 5.82 Å². The van der Waals surface area contributed by atoms with E-state index in [9.17, 15) is 8.42 Å². The Kier molecular flexibility index (Phi) is 4.41. The molecule has 0 saturated carbocycles. The fourth-order valence-electron chi connectivity index (χ4n) is 3.54. The van der Waals surface area contributed by atoms with Gasteiger partial charge in [0.05, 0.1) is 17.4 Å². The number of furan rings is 1. The van der Waals surface area contributed by atoms with Crippen molar-refractivity contribution >= 4 is 26.9 Å². The summed E-state index contributed by atoms with van der Waals surface area (Å²) in [6.07, 6.45) is 7.63. The van der Waals surface area contributed by atoms with Crippen molar-refractivity contribution in [3.05, 3.63) is 37.0 Å². The molecule has 8 nitrogen and oxygen atoms in total. The second kappa shape index (κ2) is 6.73. The van der Waals surface area contributed by atoms with Gasteiger partial charge in [0.25, 0.3) is 0 Å². The Labute approximate surface area is 151 Å². The van der Waals surface area contributed by atoms with Crippen LogP contribution in [0.1, 0.15) is 19.3 Å². The first kappa shape index (κ1) is 17.0. The molecule has 26 heavy (non-hydrogen) atoms. The van der Waals surface area contributed by atoms with Crippen molar-refractivity contribution in [1.29, 1.82) is 0 Å². The van der Waals surface area contributed by atoms with Gasteiger partial charge in [-0.25, -0.2) is 23.5 Å². The standard InChI is InChI=1S/C17H21N5O3S/c18-26(23,24)11-6-13-3-7-21(8-4-13)16-14-5-9-22(15-2-1-10-25-15)17(14)20-12-19-16/h1-2,5,9-10,12-13H,3-4,6-8,11H2,(H2,18,23,24). The Morgan fingerprint density at radius 3 is 2.73 bits per heavy atom. The smallest absolute Gasteiger partial charge is 0.209 e. The summed E-state index contributed by atoms with van der Waals surface area (Å²) in [5.41, 5.74) is 0.807. The minimum atomic E-state index is -3.38. The average molecular weight is 375 g/mol. The van der Waals surface area contributed by atoms with Gasteiger partial charge in [0.2, 0.25) is 15.9 Å². The molecular formula is C17H21N5O3S. The number of piperidine rings is 1. The molecule has 2 N–H and O–H groups in total. The van der Waals surface area contributed by atoms with Crippen LogP contribution in [0.2, 0.25) is 0 Å². The summed E-state index contributed by atoms with van der Waals surface area (Å²) in [7, 11) is -3.38. The van der Waals surface area contributed by atoms with E-state index in [-0.39, 0.29) is 5.75 Å². The summed E-state index contributed by atoms with van der Waals surface area (Å²) in [5.74, 6) is 2.06. The topological polar surface area (TPSA) is 107 Å². The van der Waals surface area contributed by atoms with Gasteiger partial charge in [-0.05, 0) is 37.3 Å². The third-order valence-corrected chi connectivity index (χ3v) is 5.73. The molecule has 4 heterocycles. The summed E-state index contributed by atoms with van der Waals surface area (Å²) in [6.45, 7) is 1.68. The number of primary sulfonamides is 1. The third-order valence-electron chi connectivity index (χ3n) is 4.93. The fraction of sp³-hybridized carbons (Fsp3) is 0.412. The number of aromatic nitrogens is 3. The van der Waals surface area contributed by atoms with Crippen molar-refractivity contribution < 1.29 is 12.8 Å². The number of nitrogens with two attached hydrogens (primary N) is 1. The summed E-state index contributed by atoms with van der Waals surface area (Å²) in [4.78, 5) is 11.1. The lowest BCUT2D eigenvalue weighted by Crippen LogP contribution is -2.35. The summed E-state index contributed by atoms with van der Waals surface area (Å²) < 4.78 is 29.7. The second-order valence-electron chi connectivity index (χ2n) is 6.66. The number of sulfonamides is 1. The molecule has 3 aromatic heterocycles. The van der Waals surface area contributed by atoms with Gasteiger partial charge in [0, 0.05) is 25.4 Å². The maximum absolute atomic E-state index is 11.1. The van der Waals surface area contributed by atoms with E-state index in [1.165, 1.54) is 0 Å². The summed E-state index contributed by atoms with van der Waals surface area (Å²) in [5, 5.41) is 6.09. The lowest BCUT2D eigenvalue weighted by atomic mass is 9.94. The average Bonchev–Trinajstić information content (AvgIpc) is 3.28. The number of fused-ring (bicyclic) bond motifs is 1. The number of hydrogen-bond donors (Lipinski definition) is 1. The van der Waals surface area contributed by atoms with E-state index < -0.39 is 10.0 Å². The van der Waals surface area contributed by atoms with Crippen LogP contribution >= 0.6 is 0 Å². The number of nitrogens with zero attached hydrogens (tertiary/aromatic N) is 4. The van der Waals surface area contributed by atoms with Crippen molar-refractivity contribution in [2.24, 2.45) is 11.1 Å². The van der Waals surface area contributed by atoms with Gasteiger partial charge in [-0.1, -0.05) is 0 Å². The third kappa shape index (κ3) is 3.45. The maximum Gasteiger partial charge on any atom is 0.209 e. The Morgan fingerprint density at radius 2 is 2.04 bits per heavy atom. The molecule has 0 unspecified atom stereocenters. The van der Waals surface area contributed by atoms with Gasteiger partial charge in [-0.2, -0.15) is 0 Å². The van der Waals surface area contributed by atoms with Crippen molar-refractivity contribution in [2.75, 3.05) is 23.7 Å². The zero-order valence-corrected chi connectivity index (χ0v) is 15.1. The van der Waals surface area contributed by atoms with Crippen LogP contribution in [0.5, 0.6) is 0 Å². The molecule has 0 spiro atoms. The molecule has 0 bridgehead atoms. The van der Waals surface area contributed by atoms with Gasteiger partial charge in [0.15, 0.2) is 5.65 Å². The first-order valence-corrected chi connectivity index (χ1v) is 10.3. The van der Waals surface area contributed by atoms with E-state index in [2.05, 4.69) is 14.9 Å². The summed E-state index contributed by atoms with van der Waals surface area (Å²) in [6, 6.07) is 5.73. The SMILES string of the molecule is NS(=O)(=O)CCC1CCN(c2ncnc3c2ccn3-c2ccco2)CC1. The van der Waals surface area contributed by atoms with Crippen LogP contribution in [0, 0.1) is 5.92 Å². The van der Waals surface area contributed by atoms with Crippen LogP contribution in [-0.2, 0) is 10.0 Å². The zero-order chi connectivity index (χ0) is 18.1. The molecule has 1 fully saturated rings. The van der Waals surface area contributed by atoms with E-state index in [1.807, 2.05) is 29.0 Å². The fourth-order valence-corrected chi connectivity index (χ4v) is 4.20. The number of hydrogen-bond acceptors (Lipinski definition) is 6. The first-order valence-electron chi connectivity index (χ1n) is 8.62. The molecular weight excluding hydrogens is 354 g/mol. The first-order chi connectivity index (χ1) is 12.5. The molecule has 4 rings (SSSR count). The Hall–Kier alpha value is -2.39. The van der Waals surface area contributed by atoms with E-state index in [1.54, 1.807) is 12.6 Å². The van der Waals surface area contributed by atoms with Crippen LogP contribution in [-0.4, -0.2) is 41.8 Å². The van der Waals surface area contributed by atoms with Gasteiger partial charge in [0.1, 0.15) is 12.1 Å². The molecule has 1 aliphatic heterocycles. The number of rotatable bonds is 5. The molecule has 3 aromatic rings. The predicted molar refractivity (Wildman–Crippen MR) is 98.7 cm³/mol. The molecule has 0 radical (unpaired) electrons. The van der Waals surface area contributed by atoms with Crippen LogP contribution in [0.25, 0.3) is 16.9 Å². The van der Waals surface area contributed by atoms with Gasteiger partial charge in [-0.3, -0.25) is 4.57 Å². The van der Waals surface area contributed by atoms with E-state index >= 15 is 0 Å². The molecule has 1 aliphatic rings. The molecule has 138 valence electrons. The molecule has 0 amide bonds. The minimum absolute atomic E-state index is 0.0570. The van der Waals surface area contributed by atoms with Crippen LogP contribution < -0.4 is 10.0 Å². The van der Waals surface area contributed by atoms with Gasteiger partial charge < -0.3 is 9.32 Å². The molecule has 0 aromatic carbocycles. The van der Waals surface area contributed by atoms with Gasteiger partial charge in [-0.15, -0.1) is 0 Å². The van der Waals surface area contributed by atoms with Crippen molar-refractivity contribution in [2.45, 2.75) is 19.3 Å². The molecule has 1 saturated heterocycles. The van der Waals surface area contributed by atoms with Crippen LogP contribution in [0.15, 0.2) is 41.4 Å². The van der Waals surface area contributed by atoms with Crippen molar-refractivity contribution in [3.8, 4) is 5.88 Å².